The predicted octanol–water partition coefficient (Wildman–Crippen LogP) is 3.54. The molecule has 1 aliphatic rings. The highest BCUT2D eigenvalue weighted by Crippen LogP contribution is 2.31. The van der Waals surface area contributed by atoms with Crippen LogP contribution in [0.5, 0.6) is 0 Å². The van der Waals surface area contributed by atoms with Crippen LogP contribution >= 0.6 is 0 Å². The first kappa shape index (κ1) is 33.0. The number of carbonyl (C=O) groups is 2. The van der Waals surface area contributed by atoms with Gasteiger partial charge in [-0.2, -0.15) is 10.2 Å². The van der Waals surface area contributed by atoms with Crippen LogP contribution in [0.4, 0.5) is 26.2 Å². The third-order valence-electron chi connectivity index (χ3n) is 6.87. The van der Waals surface area contributed by atoms with E-state index in [4.69, 9.17) is 5.26 Å². The number of nitriles is 1. The van der Waals surface area contributed by atoms with Gasteiger partial charge in [-0.05, 0) is 51.7 Å². The van der Waals surface area contributed by atoms with Crippen molar-refractivity contribution in [1.82, 2.24) is 25.1 Å². The van der Waals surface area contributed by atoms with Crippen LogP contribution < -0.4 is 15.5 Å². The molecule has 1 aromatic heterocycles. The van der Waals surface area contributed by atoms with Gasteiger partial charge in [0.15, 0.2) is 0 Å². The number of likely N-dealkylation sites (N-methyl/N-ethyl adjacent to an activating group) is 2. The van der Waals surface area contributed by atoms with Gasteiger partial charge in [0.1, 0.15) is 11.9 Å². The second kappa shape index (κ2) is 15.6. The van der Waals surface area contributed by atoms with Crippen molar-refractivity contribution in [2.45, 2.75) is 44.6 Å². The second-order valence-electron chi connectivity index (χ2n) is 10.6. The Morgan fingerprint density at radius 3 is 2.53 bits per heavy atom. The molecule has 1 saturated heterocycles. The van der Waals surface area contributed by atoms with Crippen molar-refractivity contribution in [2.24, 2.45) is 0 Å². The molecule has 0 saturated carbocycles. The molecule has 0 unspecified atom stereocenters. The highest BCUT2D eigenvalue weighted by atomic mass is 19.3. The van der Waals surface area contributed by atoms with Gasteiger partial charge in [-0.3, -0.25) is 9.59 Å². The van der Waals surface area contributed by atoms with E-state index in [1.165, 1.54) is 11.0 Å². The van der Waals surface area contributed by atoms with Crippen molar-refractivity contribution >= 4 is 29.3 Å². The summed E-state index contributed by atoms with van der Waals surface area (Å²) in [6.07, 6.45) is 5.29. The molecule has 3 rings (SSSR count). The molecular weight excluding hydrogens is 554 g/mol. The number of unbranched alkanes of at least 4 members (excludes halogenated alkanes) is 1. The average Bonchev–Trinajstić information content (AvgIpc) is 2.98. The summed E-state index contributed by atoms with van der Waals surface area (Å²) in [7, 11) is 5.39. The maximum Gasteiger partial charge on any atom is 0.251 e. The molecule has 12 heteroatoms. The lowest BCUT2D eigenvalue weighted by atomic mass is 10.1. The number of nitrogens with zero attached hydrogens (tertiary/aromatic N) is 6. The fraction of sp³-hybridized carbons (Fsp3) is 0.452. The van der Waals surface area contributed by atoms with Gasteiger partial charge in [0.2, 0.25) is 17.8 Å². The molecule has 1 atom stereocenters. The van der Waals surface area contributed by atoms with E-state index in [0.29, 0.717) is 48.6 Å². The molecule has 0 aliphatic carbocycles. The molecule has 1 aromatic carbocycles. The lowest BCUT2D eigenvalue weighted by Crippen LogP contribution is -2.45. The number of piperidine rings is 1. The van der Waals surface area contributed by atoms with Crippen LogP contribution in [-0.2, 0) is 9.59 Å². The topological polar surface area (TPSA) is 117 Å². The van der Waals surface area contributed by atoms with Crippen molar-refractivity contribution in [2.75, 3.05) is 57.5 Å². The largest absolute Gasteiger partial charge is 0.355 e. The van der Waals surface area contributed by atoms with Gasteiger partial charge in [0.05, 0.1) is 23.4 Å². The molecule has 43 heavy (non-hydrogen) atoms. The Balaban J connectivity index is 1.59. The monoisotopic (exact) mass is 592 g/mol. The number of aromatic nitrogens is 2. The van der Waals surface area contributed by atoms with E-state index < -0.39 is 12.0 Å². The van der Waals surface area contributed by atoms with Crippen LogP contribution in [0.1, 0.15) is 43.7 Å². The number of carbonyl (C=O) groups excluding carboxylic acids is 2. The zero-order chi connectivity index (χ0) is 31.4. The number of amides is 2. The van der Waals surface area contributed by atoms with Gasteiger partial charge in [-0.15, -0.1) is 0 Å². The molecular formula is C31H38F2N8O2. The van der Waals surface area contributed by atoms with E-state index in [1.807, 2.05) is 19.0 Å². The predicted molar refractivity (Wildman–Crippen MR) is 162 cm³/mol. The number of rotatable bonds is 11. The Bertz CT molecular complexity index is 1380. The van der Waals surface area contributed by atoms with Gasteiger partial charge in [0.25, 0.3) is 5.92 Å². The van der Waals surface area contributed by atoms with Crippen LogP contribution in [0.3, 0.4) is 0 Å². The lowest BCUT2D eigenvalue weighted by molar-refractivity contribution is -0.135. The molecule has 10 nitrogen and oxygen atoms in total. The zero-order valence-corrected chi connectivity index (χ0v) is 25.0. The van der Waals surface area contributed by atoms with Crippen LogP contribution in [0.25, 0.3) is 0 Å². The van der Waals surface area contributed by atoms with Gasteiger partial charge in [-0.1, -0.05) is 17.9 Å². The van der Waals surface area contributed by atoms with Crippen molar-refractivity contribution in [3.05, 3.63) is 53.7 Å². The van der Waals surface area contributed by atoms with Crippen molar-refractivity contribution in [3.8, 4) is 17.9 Å². The smallest absolute Gasteiger partial charge is 0.251 e. The van der Waals surface area contributed by atoms with E-state index in [1.54, 1.807) is 55.4 Å². The van der Waals surface area contributed by atoms with E-state index in [-0.39, 0.29) is 43.7 Å². The van der Waals surface area contributed by atoms with Crippen LogP contribution in [0.2, 0.25) is 0 Å². The van der Waals surface area contributed by atoms with Gasteiger partial charge < -0.3 is 25.3 Å². The Kier molecular flexibility index (Phi) is 12.0. The number of hydrogen-bond acceptors (Lipinski definition) is 8. The van der Waals surface area contributed by atoms with Crippen LogP contribution in [-0.4, -0.2) is 90.9 Å². The van der Waals surface area contributed by atoms with Crippen molar-refractivity contribution in [1.29, 1.82) is 5.26 Å². The van der Waals surface area contributed by atoms with Crippen LogP contribution in [0.15, 0.2) is 42.6 Å². The second-order valence-corrected chi connectivity index (χ2v) is 10.6. The average molecular weight is 593 g/mol. The van der Waals surface area contributed by atoms with Crippen LogP contribution in [0, 0.1) is 23.2 Å². The van der Waals surface area contributed by atoms with Crippen molar-refractivity contribution < 1.29 is 18.4 Å². The molecule has 2 N–H and O–H groups in total. The summed E-state index contributed by atoms with van der Waals surface area (Å²) in [6, 6.07) is 8.23. The first-order chi connectivity index (χ1) is 20.5. The summed E-state index contributed by atoms with van der Waals surface area (Å²) in [5.41, 5.74) is 1.73. The summed E-state index contributed by atoms with van der Waals surface area (Å²) in [5.74, 6) is 3.69. The number of halogens is 2. The number of nitrogens with one attached hydrogen (secondary N) is 2. The van der Waals surface area contributed by atoms with E-state index in [2.05, 4.69) is 38.5 Å². The summed E-state index contributed by atoms with van der Waals surface area (Å²) in [6.45, 7) is 2.96. The Labute approximate surface area is 251 Å². The summed E-state index contributed by atoms with van der Waals surface area (Å²) in [4.78, 5) is 38.9. The molecule has 228 valence electrons. The van der Waals surface area contributed by atoms with Gasteiger partial charge in [-0.25, -0.2) is 13.8 Å². The highest BCUT2D eigenvalue weighted by molar-refractivity contribution is 5.92. The summed E-state index contributed by atoms with van der Waals surface area (Å²) >= 11 is 0. The van der Waals surface area contributed by atoms with E-state index in [9.17, 15) is 18.4 Å². The SMILES string of the molecule is C[C@@H](C(=O)NCCCC#Cc1cnc(Nc2ccc(C#N)cc2)nc1N1CCC(F)(F)CC1)N(C)C(=O)/C=C/CN(C)C. The van der Waals surface area contributed by atoms with E-state index in [0.717, 1.165) is 0 Å². The number of hydrogen-bond donors (Lipinski definition) is 2. The summed E-state index contributed by atoms with van der Waals surface area (Å²) < 4.78 is 27.7. The molecule has 2 heterocycles. The maximum atomic E-state index is 13.8. The molecule has 1 fully saturated rings. The Morgan fingerprint density at radius 2 is 1.88 bits per heavy atom. The van der Waals surface area contributed by atoms with Gasteiger partial charge >= 0.3 is 0 Å². The number of benzene rings is 1. The Morgan fingerprint density at radius 1 is 1.19 bits per heavy atom. The van der Waals surface area contributed by atoms with Crippen molar-refractivity contribution in [3.63, 3.8) is 0 Å². The highest BCUT2D eigenvalue weighted by Gasteiger charge is 2.35. The molecule has 2 amide bonds. The molecule has 0 bridgehead atoms. The number of anilines is 3. The zero-order valence-electron chi connectivity index (χ0n) is 25.0. The third-order valence-corrected chi connectivity index (χ3v) is 6.87. The standard InChI is InChI=1S/C31H38F2N8O2/c1-23(40(4)27(42)10-8-18-39(2)3)29(43)35-17-7-5-6-9-25-22-36-30(37-26-13-11-24(21-34)12-14-26)38-28(25)41-19-15-31(32,33)16-20-41/h8,10-14,22-23H,5,7,15-20H2,1-4H3,(H,35,43)(H,36,37,38)/b10-8+/t23-/m0/s1. The molecule has 2 aromatic rings. The maximum absolute atomic E-state index is 13.8. The normalized spacial score (nSPS) is 14.9. The minimum atomic E-state index is -2.70. The molecule has 0 radical (unpaired) electrons. The first-order valence-electron chi connectivity index (χ1n) is 14.1. The third kappa shape index (κ3) is 10.3. The molecule has 0 spiro atoms. The minimum Gasteiger partial charge on any atom is -0.355 e. The van der Waals surface area contributed by atoms with Gasteiger partial charge in [0, 0.05) is 64.3 Å². The molecule has 1 aliphatic heterocycles. The number of alkyl halides is 2. The fourth-order valence-electron chi connectivity index (χ4n) is 4.11. The Hall–Kier alpha value is -4.55. The fourth-order valence-corrected chi connectivity index (χ4v) is 4.11. The first-order valence-corrected chi connectivity index (χ1v) is 14.1. The quantitative estimate of drug-likeness (QED) is 0.231. The minimum absolute atomic E-state index is 0.140. The van der Waals surface area contributed by atoms with E-state index >= 15 is 0 Å². The lowest BCUT2D eigenvalue weighted by Gasteiger charge is -2.33. The summed E-state index contributed by atoms with van der Waals surface area (Å²) in [5, 5.41) is 14.9.